The summed E-state index contributed by atoms with van der Waals surface area (Å²) in [5.74, 6) is -0.510. The van der Waals surface area contributed by atoms with Crippen molar-refractivity contribution in [3.63, 3.8) is 0 Å². The van der Waals surface area contributed by atoms with Crippen LogP contribution in [0, 0.1) is 0 Å². The summed E-state index contributed by atoms with van der Waals surface area (Å²) in [6.07, 6.45) is 3.11. The van der Waals surface area contributed by atoms with Crippen LogP contribution in [-0.2, 0) is 4.74 Å². The summed E-state index contributed by atoms with van der Waals surface area (Å²) >= 11 is 5.99. The molecule has 2 rings (SSSR count). The van der Waals surface area contributed by atoms with Gasteiger partial charge >= 0.3 is 12.0 Å². The van der Waals surface area contributed by atoms with Gasteiger partial charge in [0.25, 0.3) is 0 Å². The Labute approximate surface area is 126 Å². The molecule has 7 heteroatoms. The van der Waals surface area contributed by atoms with E-state index < -0.39 is 12.0 Å². The number of benzene rings is 1. The third-order valence-corrected chi connectivity index (χ3v) is 2.90. The van der Waals surface area contributed by atoms with E-state index in [1.807, 2.05) is 0 Å². The predicted molar refractivity (Wildman–Crippen MR) is 79.7 cm³/mol. The minimum absolute atomic E-state index is 0.293. The fraction of sp³-hybridized carbons (Fsp3) is 0.0714. The summed E-state index contributed by atoms with van der Waals surface area (Å²) in [7, 11) is 1.28. The molecule has 0 fully saturated rings. The second kappa shape index (κ2) is 6.71. The van der Waals surface area contributed by atoms with Gasteiger partial charge in [-0.2, -0.15) is 0 Å². The average molecular weight is 306 g/mol. The summed E-state index contributed by atoms with van der Waals surface area (Å²) in [6.45, 7) is 0. The Morgan fingerprint density at radius 2 is 1.86 bits per heavy atom. The third-order valence-electron chi connectivity index (χ3n) is 2.57. The number of esters is 1. The van der Waals surface area contributed by atoms with E-state index in [1.54, 1.807) is 24.5 Å². The van der Waals surface area contributed by atoms with Crippen LogP contribution in [0.25, 0.3) is 0 Å². The van der Waals surface area contributed by atoms with Crippen molar-refractivity contribution < 1.29 is 14.3 Å². The molecule has 2 amide bonds. The number of halogens is 1. The van der Waals surface area contributed by atoms with Crippen LogP contribution in [-0.4, -0.2) is 24.1 Å². The Balaban J connectivity index is 2.11. The van der Waals surface area contributed by atoms with E-state index >= 15 is 0 Å². The summed E-state index contributed by atoms with van der Waals surface area (Å²) in [4.78, 5) is 27.2. The Morgan fingerprint density at radius 3 is 2.52 bits per heavy atom. The number of aromatic nitrogens is 1. The highest BCUT2D eigenvalue weighted by molar-refractivity contribution is 6.34. The lowest BCUT2D eigenvalue weighted by Crippen LogP contribution is -2.20. The highest BCUT2D eigenvalue weighted by atomic mass is 35.5. The average Bonchev–Trinajstić information content (AvgIpc) is 2.49. The van der Waals surface area contributed by atoms with Crippen LogP contribution in [0.15, 0.2) is 42.7 Å². The van der Waals surface area contributed by atoms with E-state index in [4.69, 9.17) is 11.6 Å². The number of amides is 2. The largest absolute Gasteiger partial charge is 0.465 e. The van der Waals surface area contributed by atoms with E-state index in [0.717, 1.165) is 0 Å². The lowest BCUT2D eigenvalue weighted by Gasteiger charge is -2.10. The van der Waals surface area contributed by atoms with Crippen molar-refractivity contribution in [1.82, 2.24) is 4.98 Å². The Bertz CT molecular complexity index is 662. The minimum atomic E-state index is -0.510. The maximum atomic E-state index is 11.9. The number of ether oxygens (including phenoxy) is 1. The van der Waals surface area contributed by atoms with Gasteiger partial charge in [0.2, 0.25) is 0 Å². The first-order valence-electron chi connectivity index (χ1n) is 5.96. The molecule has 0 atom stereocenters. The quantitative estimate of drug-likeness (QED) is 0.854. The molecule has 0 aliphatic carbocycles. The van der Waals surface area contributed by atoms with E-state index in [9.17, 15) is 9.59 Å². The molecule has 0 unspecified atom stereocenters. The first-order chi connectivity index (χ1) is 10.1. The van der Waals surface area contributed by atoms with Gasteiger partial charge in [0.15, 0.2) is 0 Å². The van der Waals surface area contributed by atoms with Gasteiger partial charge in [-0.05, 0) is 30.3 Å². The van der Waals surface area contributed by atoms with Crippen molar-refractivity contribution in [2.45, 2.75) is 0 Å². The van der Waals surface area contributed by atoms with Crippen molar-refractivity contribution in [3.8, 4) is 0 Å². The molecule has 6 nitrogen and oxygen atoms in total. The van der Waals surface area contributed by atoms with Gasteiger partial charge in [-0.15, -0.1) is 0 Å². The predicted octanol–water partition coefficient (Wildman–Crippen LogP) is 3.17. The lowest BCUT2D eigenvalue weighted by molar-refractivity contribution is 0.0601. The molecule has 0 aliphatic heterocycles. The molecule has 0 aliphatic rings. The number of pyridine rings is 1. The van der Waals surface area contributed by atoms with Gasteiger partial charge in [0, 0.05) is 18.1 Å². The van der Waals surface area contributed by atoms with Gasteiger partial charge in [0.1, 0.15) is 0 Å². The third kappa shape index (κ3) is 3.93. The van der Waals surface area contributed by atoms with Gasteiger partial charge in [-0.3, -0.25) is 4.98 Å². The van der Waals surface area contributed by atoms with Crippen LogP contribution in [0.1, 0.15) is 10.4 Å². The number of nitrogens with zero attached hydrogens (tertiary/aromatic N) is 1. The molecule has 0 bridgehead atoms. The number of rotatable bonds is 3. The first-order valence-corrected chi connectivity index (χ1v) is 6.34. The molecule has 1 aromatic heterocycles. The maximum absolute atomic E-state index is 11.9. The van der Waals surface area contributed by atoms with Crippen LogP contribution in [0.4, 0.5) is 16.2 Å². The second-order valence-electron chi connectivity index (χ2n) is 4.00. The van der Waals surface area contributed by atoms with Crippen molar-refractivity contribution in [2.75, 3.05) is 17.7 Å². The lowest BCUT2D eigenvalue weighted by atomic mass is 10.2. The molecule has 21 heavy (non-hydrogen) atoms. The molecule has 2 N–H and O–H groups in total. The van der Waals surface area contributed by atoms with E-state index in [0.29, 0.717) is 22.0 Å². The standard InChI is InChI=1S/C14H12ClN3O3/c1-21-13(19)9-2-3-11(15)12(8-9)18-14(20)17-10-4-6-16-7-5-10/h2-8H,1H3,(H2,16,17,18,20). The summed E-state index contributed by atoms with van der Waals surface area (Å²) in [5.41, 5.74) is 1.19. The smallest absolute Gasteiger partial charge is 0.337 e. The van der Waals surface area contributed by atoms with Crippen molar-refractivity contribution >= 4 is 35.0 Å². The summed E-state index contributed by atoms with van der Waals surface area (Å²) in [5, 5.41) is 5.50. The molecule has 0 radical (unpaired) electrons. The Hall–Kier alpha value is -2.60. The van der Waals surface area contributed by atoms with E-state index in [1.165, 1.54) is 25.3 Å². The maximum Gasteiger partial charge on any atom is 0.337 e. The number of nitrogens with one attached hydrogen (secondary N) is 2. The zero-order valence-electron chi connectivity index (χ0n) is 11.1. The first kappa shape index (κ1) is 14.8. The zero-order valence-corrected chi connectivity index (χ0v) is 11.8. The normalized spacial score (nSPS) is 9.81. The van der Waals surface area contributed by atoms with Crippen LogP contribution in [0.3, 0.4) is 0 Å². The molecular weight excluding hydrogens is 294 g/mol. The fourth-order valence-corrected chi connectivity index (χ4v) is 1.75. The van der Waals surface area contributed by atoms with Gasteiger partial charge in [0.05, 0.1) is 23.4 Å². The van der Waals surface area contributed by atoms with Crippen LogP contribution < -0.4 is 10.6 Å². The van der Waals surface area contributed by atoms with Gasteiger partial charge < -0.3 is 15.4 Å². The van der Waals surface area contributed by atoms with Crippen LogP contribution in [0.5, 0.6) is 0 Å². The summed E-state index contributed by atoms with van der Waals surface area (Å²) < 4.78 is 4.61. The van der Waals surface area contributed by atoms with E-state index in [-0.39, 0.29) is 0 Å². The van der Waals surface area contributed by atoms with Gasteiger partial charge in [-0.1, -0.05) is 11.6 Å². The van der Waals surface area contributed by atoms with E-state index in [2.05, 4.69) is 20.4 Å². The molecule has 2 aromatic rings. The zero-order chi connectivity index (χ0) is 15.2. The molecular formula is C14H12ClN3O3. The Kier molecular flexibility index (Phi) is 4.73. The SMILES string of the molecule is COC(=O)c1ccc(Cl)c(NC(=O)Nc2ccncc2)c1. The highest BCUT2D eigenvalue weighted by Gasteiger charge is 2.11. The highest BCUT2D eigenvalue weighted by Crippen LogP contribution is 2.23. The molecule has 108 valence electrons. The number of urea groups is 1. The summed E-state index contributed by atoms with van der Waals surface area (Å²) in [6, 6.07) is 7.28. The Morgan fingerprint density at radius 1 is 1.14 bits per heavy atom. The van der Waals surface area contributed by atoms with Gasteiger partial charge in [-0.25, -0.2) is 9.59 Å². The molecule has 0 saturated carbocycles. The van der Waals surface area contributed by atoms with Crippen molar-refractivity contribution in [3.05, 3.63) is 53.3 Å². The van der Waals surface area contributed by atoms with Crippen molar-refractivity contribution in [1.29, 1.82) is 0 Å². The second-order valence-corrected chi connectivity index (χ2v) is 4.41. The molecule has 0 saturated heterocycles. The number of hydrogen-bond acceptors (Lipinski definition) is 4. The number of carbonyl (C=O) groups is 2. The monoisotopic (exact) mass is 305 g/mol. The number of anilines is 2. The molecule has 1 heterocycles. The number of carbonyl (C=O) groups excluding carboxylic acids is 2. The van der Waals surface area contributed by atoms with Crippen LogP contribution in [0.2, 0.25) is 5.02 Å². The fourth-order valence-electron chi connectivity index (χ4n) is 1.59. The van der Waals surface area contributed by atoms with Crippen molar-refractivity contribution in [2.24, 2.45) is 0 Å². The minimum Gasteiger partial charge on any atom is -0.465 e. The number of hydrogen-bond donors (Lipinski definition) is 2. The van der Waals surface area contributed by atoms with Crippen LogP contribution >= 0.6 is 11.6 Å². The topological polar surface area (TPSA) is 80.3 Å². The molecule has 0 spiro atoms. The molecule has 1 aromatic carbocycles. The number of methoxy groups -OCH3 is 1.